The Morgan fingerprint density at radius 2 is 1.93 bits per heavy atom. The zero-order valence-electron chi connectivity index (χ0n) is 10.8. The van der Waals surface area contributed by atoms with Crippen molar-refractivity contribution in [1.82, 2.24) is 0 Å². The van der Waals surface area contributed by atoms with E-state index in [1.165, 1.54) is 32.1 Å². The molecule has 2 atom stereocenters. The lowest BCUT2D eigenvalue weighted by Gasteiger charge is -2.14. The number of ether oxygens (including phenoxy) is 1. The van der Waals surface area contributed by atoms with Crippen LogP contribution in [0.25, 0.3) is 0 Å². The van der Waals surface area contributed by atoms with E-state index in [4.69, 9.17) is 6.11 Å². The fourth-order valence-corrected chi connectivity index (χ4v) is 1.73. The maximum Gasteiger partial charge on any atom is 0.116 e. The van der Waals surface area contributed by atoms with E-state index >= 15 is 0 Å². The molecule has 1 nitrogen and oxygen atoms in total. The van der Waals surface area contributed by atoms with E-state index < -0.39 is 0 Å². The second-order valence-electron chi connectivity index (χ2n) is 4.12. The number of rotatable bonds is 8. The van der Waals surface area contributed by atoms with Crippen molar-refractivity contribution >= 4 is 0 Å². The van der Waals surface area contributed by atoms with Crippen molar-refractivity contribution < 1.29 is 6.11 Å². The largest absolute Gasteiger partial charge is 0.494 e. The minimum absolute atomic E-state index is 0.0303. The Labute approximate surface area is 95.6 Å². The first-order valence-electron chi connectivity index (χ1n) is 6.81. The van der Waals surface area contributed by atoms with Crippen LogP contribution in [0.1, 0.15) is 59.6 Å². The molecule has 0 saturated carbocycles. The van der Waals surface area contributed by atoms with Gasteiger partial charge in [-0.15, -0.1) is 0 Å². The fraction of sp³-hybridized carbons (Fsp3) is 0.714. The third-order valence-electron chi connectivity index (χ3n) is 2.68. The summed E-state index contributed by atoms with van der Waals surface area (Å²) >= 11 is 0. The molecule has 0 N–H and O–H groups in total. The molecule has 0 amide bonds. The lowest BCUT2D eigenvalue weighted by Crippen LogP contribution is -2.07. The molecule has 86 valence electrons. The normalized spacial score (nSPS) is 22.2. The molecule has 0 aromatic rings. The molecule has 1 heterocycles. The molecule has 0 saturated heterocycles. The van der Waals surface area contributed by atoms with Gasteiger partial charge in [0.25, 0.3) is 0 Å². The summed E-state index contributed by atoms with van der Waals surface area (Å²) in [4.78, 5) is 0. The fourth-order valence-electron chi connectivity index (χ4n) is 1.73. The van der Waals surface area contributed by atoms with Crippen LogP contribution in [0.5, 0.6) is 0 Å². The molecule has 1 aliphatic rings. The van der Waals surface area contributed by atoms with Gasteiger partial charge in [-0.3, -0.25) is 0 Å². The first-order valence-corrected chi connectivity index (χ1v) is 6.24. The topological polar surface area (TPSA) is 9.23 Å². The molecule has 0 aliphatic carbocycles. The molecule has 0 aromatic heterocycles. The average Bonchev–Trinajstić information content (AvgIpc) is 2.30. The van der Waals surface area contributed by atoms with Crippen LogP contribution >= 0.6 is 0 Å². The molecule has 0 fully saturated rings. The Hall–Kier alpha value is -0.720. The highest BCUT2D eigenvalue weighted by molar-refractivity contribution is 5.07. The van der Waals surface area contributed by atoms with E-state index in [9.17, 15) is 0 Å². The van der Waals surface area contributed by atoms with E-state index in [1.54, 1.807) is 6.26 Å². The van der Waals surface area contributed by atoms with Crippen LogP contribution in [0.15, 0.2) is 24.5 Å². The Morgan fingerprint density at radius 1 is 1.13 bits per heavy atom. The Balaban J connectivity index is 2.00. The molecule has 0 bridgehead atoms. The van der Waals surface area contributed by atoms with Crippen LogP contribution in [0, 0.1) is 0 Å². The van der Waals surface area contributed by atoms with Crippen LogP contribution in [-0.2, 0) is 4.74 Å². The monoisotopic (exact) mass is 209 g/mol. The maximum atomic E-state index is 7.95. The van der Waals surface area contributed by atoms with Gasteiger partial charge in [0, 0.05) is 1.37 Å². The van der Waals surface area contributed by atoms with Crippen molar-refractivity contribution in [3.63, 3.8) is 0 Å². The summed E-state index contributed by atoms with van der Waals surface area (Å²) in [6, 6.07) is 0. The molecule has 2 unspecified atom stereocenters. The van der Waals surface area contributed by atoms with Crippen molar-refractivity contribution in [2.75, 3.05) is 0 Å². The Bertz CT molecular complexity index is 223. The smallest absolute Gasteiger partial charge is 0.116 e. The summed E-state index contributed by atoms with van der Waals surface area (Å²) < 4.78 is 13.4. The van der Waals surface area contributed by atoms with Crippen molar-refractivity contribution in [2.45, 2.75) is 64.4 Å². The molecule has 0 spiro atoms. The van der Waals surface area contributed by atoms with E-state index in [0.717, 1.165) is 12.8 Å². The van der Waals surface area contributed by atoms with Gasteiger partial charge in [-0.1, -0.05) is 51.5 Å². The lowest BCUT2D eigenvalue weighted by atomic mass is 10.1. The number of hydrogen-bond acceptors (Lipinski definition) is 1. The quantitative estimate of drug-likeness (QED) is 0.531. The van der Waals surface area contributed by atoms with Gasteiger partial charge in [0.15, 0.2) is 0 Å². The second-order valence-corrected chi connectivity index (χ2v) is 4.12. The summed E-state index contributed by atoms with van der Waals surface area (Å²) in [5.74, 6) is 0. The van der Waals surface area contributed by atoms with Gasteiger partial charge in [0.05, 0.1) is 6.26 Å². The van der Waals surface area contributed by atoms with Crippen LogP contribution in [-0.4, -0.2) is 6.10 Å². The van der Waals surface area contributed by atoms with Gasteiger partial charge in [-0.25, -0.2) is 0 Å². The van der Waals surface area contributed by atoms with E-state index in [2.05, 4.69) is 6.92 Å². The number of hydrogen-bond donors (Lipinski definition) is 0. The SMILES string of the molecule is [2H]C(CCCCCCC)CC1C=CC=CO1. The first kappa shape index (κ1) is 10.8. The summed E-state index contributed by atoms with van der Waals surface area (Å²) in [5.41, 5.74) is 0. The molecule has 15 heavy (non-hydrogen) atoms. The van der Waals surface area contributed by atoms with Gasteiger partial charge in [-0.2, -0.15) is 0 Å². The maximum absolute atomic E-state index is 7.95. The van der Waals surface area contributed by atoms with Crippen LogP contribution in [0.4, 0.5) is 0 Å². The minimum atomic E-state index is 0.0303. The van der Waals surface area contributed by atoms with Crippen molar-refractivity contribution in [1.29, 1.82) is 0 Å². The van der Waals surface area contributed by atoms with Crippen LogP contribution in [0.2, 0.25) is 0 Å². The van der Waals surface area contributed by atoms with Crippen LogP contribution in [0.3, 0.4) is 0 Å². The Morgan fingerprint density at radius 3 is 2.67 bits per heavy atom. The summed E-state index contributed by atoms with van der Waals surface area (Å²) in [6.07, 6.45) is 16.1. The highest BCUT2D eigenvalue weighted by Crippen LogP contribution is 2.13. The van der Waals surface area contributed by atoms with Gasteiger partial charge < -0.3 is 4.74 Å². The van der Waals surface area contributed by atoms with Gasteiger partial charge in [0.1, 0.15) is 6.10 Å². The molecule has 1 rings (SSSR count). The number of allylic oxidation sites excluding steroid dienone is 2. The molecular weight excluding hydrogens is 184 g/mol. The predicted molar refractivity (Wildman–Crippen MR) is 65.8 cm³/mol. The third kappa shape index (κ3) is 6.38. The zero-order chi connectivity index (χ0) is 11.6. The van der Waals surface area contributed by atoms with Gasteiger partial charge >= 0.3 is 0 Å². The highest BCUT2D eigenvalue weighted by atomic mass is 16.5. The third-order valence-corrected chi connectivity index (χ3v) is 2.68. The molecule has 0 aromatic carbocycles. The standard InChI is InChI=1S/C14H24O/c1-2-3-4-5-6-7-8-11-14-12-9-10-13-15-14/h9-10,12-14H,2-8,11H2,1H3/i8D. The molecule has 1 aliphatic heterocycles. The Kier molecular flexibility index (Phi) is 6.17. The van der Waals surface area contributed by atoms with E-state index in [0.29, 0.717) is 0 Å². The summed E-state index contributed by atoms with van der Waals surface area (Å²) in [6.45, 7) is 2.23. The van der Waals surface area contributed by atoms with Gasteiger partial charge in [-0.05, 0) is 25.0 Å². The second kappa shape index (κ2) is 8.58. The summed E-state index contributed by atoms with van der Waals surface area (Å²) in [7, 11) is 0. The first-order chi connectivity index (χ1) is 7.83. The average molecular weight is 209 g/mol. The van der Waals surface area contributed by atoms with E-state index in [1.807, 2.05) is 18.2 Å². The molecular formula is C14H24O. The number of unbranched alkanes of at least 4 members (excludes halogenated alkanes) is 4. The van der Waals surface area contributed by atoms with Crippen molar-refractivity contribution in [3.05, 3.63) is 24.5 Å². The minimum Gasteiger partial charge on any atom is -0.494 e. The van der Waals surface area contributed by atoms with Crippen molar-refractivity contribution in [3.8, 4) is 0 Å². The van der Waals surface area contributed by atoms with Gasteiger partial charge in [0.2, 0.25) is 0 Å². The summed E-state index contributed by atoms with van der Waals surface area (Å²) in [5, 5.41) is 0. The van der Waals surface area contributed by atoms with E-state index in [-0.39, 0.29) is 12.5 Å². The lowest BCUT2D eigenvalue weighted by molar-refractivity contribution is 0.170. The molecule has 1 heteroatoms. The predicted octanol–water partition coefficient (Wildman–Crippen LogP) is 4.60. The van der Waals surface area contributed by atoms with Crippen molar-refractivity contribution in [2.24, 2.45) is 0 Å². The molecule has 0 radical (unpaired) electrons. The zero-order valence-corrected chi connectivity index (χ0v) is 9.82. The highest BCUT2D eigenvalue weighted by Gasteiger charge is 2.04. The van der Waals surface area contributed by atoms with Crippen LogP contribution < -0.4 is 0 Å².